The lowest BCUT2D eigenvalue weighted by Crippen LogP contribution is -1.90. The second kappa shape index (κ2) is 8.02. The van der Waals surface area contributed by atoms with Gasteiger partial charge in [-0.1, -0.05) is 68.0 Å². The average molecular weight is 329 g/mol. The molecule has 1 nitrogen and oxygen atoms in total. The van der Waals surface area contributed by atoms with Gasteiger partial charge in [0, 0.05) is 16.6 Å². The Morgan fingerprint density at radius 2 is 1.80 bits per heavy atom. The zero-order valence-corrected chi connectivity index (χ0v) is 15.3. The molecule has 3 rings (SSSR count). The molecule has 1 heterocycles. The van der Waals surface area contributed by atoms with Crippen molar-refractivity contribution in [3.05, 3.63) is 89.1 Å². The first-order valence-electron chi connectivity index (χ1n) is 9.18. The number of allylic oxidation sites excluding steroid dienone is 2. The molecule has 0 aliphatic carbocycles. The van der Waals surface area contributed by atoms with Crippen molar-refractivity contribution in [2.24, 2.45) is 0 Å². The molecule has 128 valence electrons. The third kappa shape index (κ3) is 4.30. The summed E-state index contributed by atoms with van der Waals surface area (Å²) in [7, 11) is 0. The molecule has 0 aliphatic rings. The standard InChI is InChI=1S/C24H27N/c1-4-8-18(2)11-15-23-19(3)22-17-21(14-16-24(22)25-23)13-12-20-9-6-5-7-10-20/h5-7,9-11,14-17,25H,2,4,8,12-13H2,1,3H3/b15-11+. The maximum Gasteiger partial charge on any atom is 0.0461 e. The molecule has 25 heavy (non-hydrogen) atoms. The minimum absolute atomic E-state index is 1.05. The van der Waals surface area contributed by atoms with E-state index in [1.165, 1.54) is 38.9 Å². The lowest BCUT2D eigenvalue weighted by molar-refractivity contribution is 0.930. The van der Waals surface area contributed by atoms with Gasteiger partial charge in [-0.05, 0) is 61.1 Å². The number of hydrogen-bond acceptors (Lipinski definition) is 0. The summed E-state index contributed by atoms with van der Waals surface area (Å²) in [5, 5.41) is 1.33. The van der Waals surface area contributed by atoms with Gasteiger partial charge in [0.15, 0.2) is 0 Å². The first kappa shape index (κ1) is 17.3. The van der Waals surface area contributed by atoms with E-state index >= 15 is 0 Å². The van der Waals surface area contributed by atoms with Crippen molar-refractivity contribution < 1.29 is 0 Å². The van der Waals surface area contributed by atoms with Crippen molar-refractivity contribution in [3.63, 3.8) is 0 Å². The zero-order valence-electron chi connectivity index (χ0n) is 15.3. The molecule has 0 atom stereocenters. The second-order valence-electron chi connectivity index (χ2n) is 6.77. The molecular weight excluding hydrogens is 302 g/mol. The lowest BCUT2D eigenvalue weighted by atomic mass is 10.0. The molecule has 0 fully saturated rings. The maximum atomic E-state index is 4.11. The van der Waals surface area contributed by atoms with E-state index in [1.54, 1.807) is 0 Å². The molecule has 0 radical (unpaired) electrons. The lowest BCUT2D eigenvalue weighted by Gasteiger charge is -2.03. The highest BCUT2D eigenvalue weighted by molar-refractivity contribution is 5.87. The number of H-pyrrole nitrogens is 1. The van der Waals surface area contributed by atoms with Crippen molar-refractivity contribution >= 4 is 17.0 Å². The van der Waals surface area contributed by atoms with Gasteiger partial charge in [0.05, 0.1) is 0 Å². The fourth-order valence-electron chi connectivity index (χ4n) is 3.26. The number of aryl methyl sites for hydroxylation is 3. The van der Waals surface area contributed by atoms with E-state index in [1.807, 2.05) is 0 Å². The molecule has 0 amide bonds. The van der Waals surface area contributed by atoms with Gasteiger partial charge in [-0.15, -0.1) is 0 Å². The van der Waals surface area contributed by atoms with Gasteiger partial charge in [0.25, 0.3) is 0 Å². The predicted molar refractivity (Wildman–Crippen MR) is 110 cm³/mol. The van der Waals surface area contributed by atoms with Crippen molar-refractivity contribution in [2.75, 3.05) is 0 Å². The zero-order chi connectivity index (χ0) is 17.6. The highest BCUT2D eigenvalue weighted by atomic mass is 14.7. The number of benzene rings is 2. The Morgan fingerprint density at radius 1 is 1.04 bits per heavy atom. The van der Waals surface area contributed by atoms with Gasteiger partial charge in [-0.25, -0.2) is 0 Å². The van der Waals surface area contributed by atoms with Gasteiger partial charge in [-0.3, -0.25) is 0 Å². The summed E-state index contributed by atoms with van der Waals surface area (Å²) in [6.07, 6.45) is 8.65. The van der Waals surface area contributed by atoms with E-state index in [-0.39, 0.29) is 0 Å². The van der Waals surface area contributed by atoms with Crippen LogP contribution in [0.4, 0.5) is 0 Å². The Kier molecular flexibility index (Phi) is 5.55. The summed E-state index contributed by atoms with van der Waals surface area (Å²) in [6.45, 7) is 8.49. The molecule has 3 aromatic rings. The molecule has 0 bridgehead atoms. The Hall–Kier alpha value is -2.54. The first-order valence-corrected chi connectivity index (χ1v) is 9.18. The van der Waals surface area contributed by atoms with Crippen LogP contribution in [0.3, 0.4) is 0 Å². The van der Waals surface area contributed by atoms with E-state index in [0.29, 0.717) is 0 Å². The van der Waals surface area contributed by atoms with Crippen molar-refractivity contribution in [3.8, 4) is 0 Å². The summed E-state index contributed by atoms with van der Waals surface area (Å²) in [4.78, 5) is 3.53. The van der Waals surface area contributed by atoms with E-state index in [9.17, 15) is 0 Å². The topological polar surface area (TPSA) is 15.8 Å². The number of fused-ring (bicyclic) bond motifs is 1. The number of rotatable bonds is 7. The Labute approximate surface area is 151 Å². The molecule has 0 saturated carbocycles. The molecule has 1 aromatic heterocycles. The summed E-state index contributed by atoms with van der Waals surface area (Å²) < 4.78 is 0. The van der Waals surface area contributed by atoms with Gasteiger partial charge in [0.1, 0.15) is 0 Å². The van der Waals surface area contributed by atoms with Crippen molar-refractivity contribution in [1.82, 2.24) is 4.98 Å². The van der Waals surface area contributed by atoms with E-state index < -0.39 is 0 Å². The summed E-state index contributed by atoms with van der Waals surface area (Å²) in [5.74, 6) is 0. The van der Waals surface area contributed by atoms with Crippen LogP contribution in [0.1, 0.15) is 42.1 Å². The minimum Gasteiger partial charge on any atom is -0.355 e. The molecule has 0 spiro atoms. The molecule has 0 unspecified atom stereocenters. The average Bonchev–Trinajstić information content (AvgIpc) is 2.95. The predicted octanol–water partition coefficient (Wildman–Crippen LogP) is 6.63. The molecule has 2 aromatic carbocycles. The van der Waals surface area contributed by atoms with Crippen molar-refractivity contribution in [2.45, 2.75) is 39.5 Å². The van der Waals surface area contributed by atoms with Crippen LogP contribution in [-0.4, -0.2) is 4.98 Å². The quantitative estimate of drug-likeness (QED) is 0.468. The summed E-state index contributed by atoms with van der Waals surface area (Å²) in [6, 6.07) is 17.5. The van der Waals surface area contributed by atoms with Crippen LogP contribution < -0.4 is 0 Å². The van der Waals surface area contributed by atoms with Crippen LogP contribution in [0.2, 0.25) is 0 Å². The summed E-state index contributed by atoms with van der Waals surface area (Å²) in [5.41, 5.74) is 7.69. The SMILES string of the molecule is C=C(/C=C/c1[nH]c2ccc(CCc3ccccc3)cc2c1C)CCC. The number of nitrogens with one attached hydrogen (secondary N) is 1. The van der Waals surface area contributed by atoms with Gasteiger partial charge < -0.3 is 4.98 Å². The fraction of sp³-hybridized carbons (Fsp3) is 0.250. The third-order valence-electron chi connectivity index (χ3n) is 4.76. The van der Waals surface area contributed by atoms with Crippen LogP contribution >= 0.6 is 0 Å². The van der Waals surface area contributed by atoms with Gasteiger partial charge >= 0.3 is 0 Å². The Bertz CT molecular complexity index is 881. The van der Waals surface area contributed by atoms with Crippen LogP contribution in [0.25, 0.3) is 17.0 Å². The van der Waals surface area contributed by atoms with Crippen molar-refractivity contribution in [1.29, 1.82) is 0 Å². The second-order valence-corrected chi connectivity index (χ2v) is 6.77. The smallest absolute Gasteiger partial charge is 0.0461 e. The highest BCUT2D eigenvalue weighted by Crippen LogP contribution is 2.25. The number of hydrogen-bond donors (Lipinski definition) is 1. The minimum atomic E-state index is 1.05. The number of aromatic nitrogens is 1. The monoisotopic (exact) mass is 329 g/mol. The third-order valence-corrected chi connectivity index (χ3v) is 4.76. The van der Waals surface area contributed by atoms with E-state index in [2.05, 4.69) is 86.1 Å². The molecule has 1 heteroatoms. The highest BCUT2D eigenvalue weighted by Gasteiger charge is 2.06. The normalized spacial score (nSPS) is 11.4. The van der Waals surface area contributed by atoms with E-state index in [0.717, 1.165) is 25.7 Å². The van der Waals surface area contributed by atoms with Gasteiger partial charge in [0.2, 0.25) is 0 Å². The van der Waals surface area contributed by atoms with Gasteiger partial charge in [-0.2, -0.15) is 0 Å². The Morgan fingerprint density at radius 3 is 2.56 bits per heavy atom. The number of aromatic amines is 1. The summed E-state index contributed by atoms with van der Waals surface area (Å²) >= 11 is 0. The first-order chi connectivity index (χ1) is 12.2. The molecule has 1 N–H and O–H groups in total. The maximum absolute atomic E-state index is 4.11. The fourth-order valence-corrected chi connectivity index (χ4v) is 3.26. The van der Waals surface area contributed by atoms with Crippen LogP contribution in [0, 0.1) is 6.92 Å². The van der Waals surface area contributed by atoms with Crippen LogP contribution in [-0.2, 0) is 12.8 Å². The van der Waals surface area contributed by atoms with Crippen LogP contribution in [0.15, 0.2) is 66.8 Å². The molecule has 0 aliphatic heterocycles. The largest absolute Gasteiger partial charge is 0.355 e. The van der Waals surface area contributed by atoms with E-state index in [4.69, 9.17) is 0 Å². The molecular formula is C24H27N. The Balaban J connectivity index is 1.78. The van der Waals surface area contributed by atoms with Crippen LogP contribution in [0.5, 0.6) is 0 Å². The molecule has 0 saturated heterocycles.